The maximum absolute atomic E-state index is 13.2. The van der Waals surface area contributed by atoms with Crippen LogP contribution in [0.25, 0.3) is 0 Å². The van der Waals surface area contributed by atoms with Crippen LogP contribution in [0.2, 0.25) is 0 Å². The van der Waals surface area contributed by atoms with Crippen LogP contribution >= 0.6 is 15.9 Å². The van der Waals surface area contributed by atoms with Crippen LogP contribution in [0.5, 0.6) is 0 Å². The van der Waals surface area contributed by atoms with Crippen LogP contribution in [-0.4, -0.2) is 49.4 Å². The van der Waals surface area contributed by atoms with Gasteiger partial charge in [-0.1, -0.05) is 0 Å². The van der Waals surface area contributed by atoms with Gasteiger partial charge in [0.25, 0.3) is 5.91 Å². The van der Waals surface area contributed by atoms with E-state index in [9.17, 15) is 9.18 Å². The predicted molar refractivity (Wildman–Crippen MR) is 78.8 cm³/mol. The summed E-state index contributed by atoms with van der Waals surface area (Å²) in [5.41, 5.74) is 0.514. The maximum atomic E-state index is 13.2. The minimum atomic E-state index is -0.354. The molecule has 0 N–H and O–H groups in total. The number of nitrogens with zero attached hydrogens (tertiary/aromatic N) is 2. The van der Waals surface area contributed by atoms with E-state index in [1.165, 1.54) is 18.2 Å². The average molecular weight is 331 g/mol. The van der Waals surface area contributed by atoms with Crippen molar-refractivity contribution < 1.29 is 9.18 Å². The molecular formula is C14H20BrFN2O. The fourth-order valence-corrected chi connectivity index (χ4v) is 2.17. The zero-order valence-electron chi connectivity index (χ0n) is 11.6. The van der Waals surface area contributed by atoms with E-state index < -0.39 is 0 Å². The number of halogens is 2. The van der Waals surface area contributed by atoms with E-state index in [0.717, 1.165) is 13.0 Å². The number of hydrogen-bond acceptors (Lipinski definition) is 2. The predicted octanol–water partition coefficient (Wildman–Crippen LogP) is 3.00. The average Bonchev–Trinajstić information content (AvgIpc) is 2.37. The van der Waals surface area contributed by atoms with Crippen molar-refractivity contribution in [1.82, 2.24) is 9.80 Å². The van der Waals surface area contributed by atoms with Gasteiger partial charge in [0.05, 0.1) is 4.47 Å². The Morgan fingerprint density at radius 3 is 2.53 bits per heavy atom. The Hall–Kier alpha value is -0.940. The molecule has 0 bridgehead atoms. The van der Waals surface area contributed by atoms with Crippen LogP contribution in [0.3, 0.4) is 0 Å². The Morgan fingerprint density at radius 1 is 1.32 bits per heavy atom. The second-order valence-corrected chi connectivity index (χ2v) is 5.52. The van der Waals surface area contributed by atoms with Crippen molar-refractivity contribution in [3.8, 4) is 0 Å². The van der Waals surface area contributed by atoms with Crippen molar-refractivity contribution in [1.29, 1.82) is 0 Å². The van der Waals surface area contributed by atoms with Crippen LogP contribution in [0.4, 0.5) is 4.39 Å². The van der Waals surface area contributed by atoms with Crippen molar-refractivity contribution >= 4 is 21.8 Å². The molecule has 5 heteroatoms. The lowest BCUT2D eigenvalue weighted by atomic mass is 10.2. The Balaban J connectivity index is 2.69. The number of carbonyl (C=O) groups excluding carboxylic acids is 1. The van der Waals surface area contributed by atoms with Crippen LogP contribution < -0.4 is 0 Å². The fourth-order valence-electron chi connectivity index (χ4n) is 1.79. The number of carbonyl (C=O) groups is 1. The Bertz CT molecular complexity index is 437. The van der Waals surface area contributed by atoms with E-state index in [-0.39, 0.29) is 11.7 Å². The van der Waals surface area contributed by atoms with E-state index in [2.05, 4.69) is 20.8 Å². The zero-order valence-corrected chi connectivity index (χ0v) is 13.2. The van der Waals surface area contributed by atoms with E-state index in [4.69, 9.17) is 0 Å². The molecule has 0 aliphatic rings. The molecule has 0 aliphatic carbocycles. The van der Waals surface area contributed by atoms with Crippen LogP contribution in [0, 0.1) is 5.82 Å². The largest absolute Gasteiger partial charge is 0.339 e. The molecule has 0 saturated heterocycles. The Kier molecular flexibility index (Phi) is 6.45. The Labute approximate surface area is 122 Å². The SMILES string of the molecule is CCN(CCCN(C)C)C(=O)c1ccc(F)c(Br)c1. The van der Waals surface area contributed by atoms with E-state index in [0.29, 0.717) is 23.1 Å². The first-order valence-electron chi connectivity index (χ1n) is 6.34. The third kappa shape index (κ3) is 4.91. The lowest BCUT2D eigenvalue weighted by molar-refractivity contribution is 0.0759. The smallest absolute Gasteiger partial charge is 0.253 e. The summed E-state index contributed by atoms with van der Waals surface area (Å²) in [5, 5.41) is 0. The normalized spacial score (nSPS) is 10.8. The summed E-state index contributed by atoms with van der Waals surface area (Å²) in [4.78, 5) is 16.2. The summed E-state index contributed by atoms with van der Waals surface area (Å²) >= 11 is 3.10. The molecule has 1 amide bonds. The third-order valence-corrected chi connectivity index (χ3v) is 3.48. The molecule has 0 spiro atoms. The molecule has 3 nitrogen and oxygen atoms in total. The summed E-state index contributed by atoms with van der Waals surface area (Å²) in [6.45, 7) is 4.26. The van der Waals surface area contributed by atoms with Gasteiger partial charge in [-0.15, -0.1) is 0 Å². The molecule has 19 heavy (non-hydrogen) atoms. The number of benzene rings is 1. The highest BCUT2D eigenvalue weighted by molar-refractivity contribution is 9.10. The van der Waals surface area contributed by atoms with E-state index >= 15 is 0 Å². The van der Waals surface area contributed by atoms with E-state index in [1.807, 2.05) is 21.0 Å². The van der Waals surface area contributed by atoms with Crippen molar-refractivity contribution in [3.63, 3.8) is 0 Å². The minimum absolute atomic E-state index is 0.0537. The Morgan fingerprint density at radius 2 is 2.00 bits per heavy atom. The zero-order chi connectivity index (χ0) is 14.4. The second-order valence-electron chi connectivity index (χ2n) is 4.67. The van der Waals surface area contributed by atoms with Crippen LogP contribution in [0.1, 0.15) is 23.7 Å². The summed E-state index contributed by atoms with van der Waals surface area (Å²) in [6.07, 6.45) is 0.926. The number of rotatable bonds is 6. The topological polar surface area (TPSA) is 23.6 Å². The molecule has 0 radical (unpaired) electrons. The van der Waals surface area contributed by atoms with E-state index in [1.54, 1.807) is 4.90 Å². The number of hydrogen-bond donors (Lipinski definition) is 0. The highest BCUT2D eigenvalue weighted by Gasteiger charge is 2.15. The first kappa shape index (κ1) is 16.1. The third-order valence-electron chi connectivity index (χ3n) is 2.87. The van der Waals surface area contributed by atoms with Crippen LogP contribution in [0.15, 0.2) is 22.7 Å². The van der Waals surface area contributed by atoms with Gasteiger partial charge in [0.1, 0.15) is 5.82 Å². The molecule has 0 atom stereocenters. The number of amides is 1. The summed E-state index contributed by atoms with van der Waals surface area (Å²) < 4.78 is 13.5. The summed E-state index contributed by atoms with van der Waals surface area (Å²) in [6, 6.07) is 4.37. The lowest BCUT2D eigenvalue weighted by Crippen LogP contribution is -2.33. The quantitative estimate of drug-likeness (QED) is 0.800. The molecule has 0 saturated carbocycles. The minimum Gasteiger partial charge on any atom is -0.339 e. The molecule has 0 aliphatic heterocycles. The highest BCUT2D eigenvalue weighted by atomic mass is 79.9. The first-order valence-corrected chi connectivity index (χ1v) is 7.14. The fraction of sp³-hybridized carbons (Fsp3) is 0.500. The molecule has 0 unspecified atom stereocenters. The first-order chi connectivity index (χ1) is 8.95. The van der Waals surface area contributed by atoms with Crippen molar-refractivity contribution in [2.24, 2.45) is 0 Å². The standard InChI is InChI=1S/C14H20BrFN2O/c1-4-18(9-5-8-17(2)3)14(19)11-6-7-13(16)12(15)10-11/h6-7,10H,4-5,8-9H2,1-3H3. The van der Waals surface area contributed by atoms with Gasteiger partial charge in [0, 0.05) is 18.7 Å². The molecule has 1 aromatic rings. The van der Waals surface area contributed by atoms with Crippen molar-refractivity contribution in [2.75, 3.05) is 33.7 Å². The summed E-state index contributed by atoms with van der Waals surface area (Å²) in [5.74, 6) is -0.408. The second kappa shape index (κ2) is 7.60. The van der Waals surface area contributed by atoms with Gasteiger partial charge >= 0.3 is 0 Å². The molecule has 0 fully saturated rings. The van der Waals surface area contributed by atoms with Gasteiger partial charge in [-0.05, 0) is 68.1 Å². The van der Waals surface area contributed by atoms with Crippen molar-refractivity contribution in [2.45, 2.75) is 13.3 Å². The van der Waals surface area contributed by atoms with Gasteiger partial charge in [0.15, 0.2) is 0 Å². The molecular weight excluding hydrogens is 311 g/mol. The molecule has 1 rings (SSSR count). The van der Waals surface area contributed by atoms with Crippen LogP contribution in [-0.2, 0) is 0 Å². The lowest BCUT2D eigenvalue weighted by Gasteiger charge is -2.22. The van der Waals surface area contributed by atoms with Gasteiger partial charge < -0.3 is 9.80 Å². The summed E-state index contributed by atoms with van der Waals surface area (Å²) in [7, 11) is 4.02. The molecule has 0 aromatic heterocycles. The van der Waals surface area contributed by atoms with Gasteiger partial charge in [-0.2, -0.15) is 0 Å². The molecule has 0 heterocycles. The van der Waals surface area contributed by atoms with Gasteiger partial charge in [-0.3, -0.25) is 4.79 Å². The monoisotopic (exact) mass is 330 g/mol. The molecule has 106 valence electrons. The highest BCUT2D eigenvalue weighted by Crippen LogP contribution is 2.18. The van der Waals surface area contributed by atoms with Gasteiger partial charge in [0.2, 0.25) is 0 Å². The molecule has 1 aromatic carbocycles. The maximum Gasteiger partial charge on any atom is 0.253 e. The van der Waals surface area contributed by atoms with Gasteiger partial charge in [-0.25, -0.2) is 4.39 Å². The van der Waals surface area contributed by atoms with Crippen molar-refractivity contribution in [3.05, 3.63) is 34.1 Å².